The van der Waals surface area contributed by atoms with Crippen molar-refractivity contribution < 1.29 is 4.74 Å². The lowest BCUT2D eigenvalue weighted by Gasteiger charge is -2.08. The van der Waals surface area contributed by atoms with E-state index in [1.54, 1.807) is 0 Å². The number of rotatable bonds is 6. The molecule has 0 N–H and O–H groups in total. The van der Waals surface area contributed by atoms with Crippen molar-refractivity contribution in [3.63, 3.8) is 0 Å². The Bertz CT molecular complexity index is 300. The highest BCUT2D eigenvalue weighted by atomic mass is 79.9. The van der Waals surface area contributed by atoms with E-state index in [1.807, 2.05) is 12.1 Å². The van der Waals surface area contributed by atoms with Gasteiger partial charge in [0.05, 0.1) is 11.1 Å². The number of hydrogen-bond acceptors (Lipinski definition) is 1. The van der Waals surface area contributed by atoms with Crippen LogP contribution in [0.5, 0.6) is 5.75 Å². The van der Waals surface area contributed by atoms with Crippen molar-refractivity contribution in [2.24, 2.45) is 0 Å². The molecule has 15 heavy (non-hydrogen) atoms. The predicted molar refractivity (Wildman–Crippen MR) is 70.3 cm³/mol. The maximum absolute atomic E-state index is 5.67. The van der Waals surface area contributed by atoms with E-state index in [9.17, 15) is 0 Å². The minimum Gasteiger partial charge on any atom is -0.492 e. The van der Waals surface area contributed by atoms with Crippen LogP contribution in [0.25, 0.3) is 0 Å². The summed E-state index contributed by atoms with van der Waals surface area (Å²) in [6.07, 6.45) is 4.91. The molecule has 83 valence electrons. The quantitative estimate of drug-likeness (QED) is 0.667. The molecule has 0 spiro atoms. The maximum atomic E-state index is 5.67. The van der Waals surface area contributed by atoms with Crippen molar-refractivity contribution in [2.75, 3.05) is 6.61 Å². The first-order valence-corrected chi connectivity index (χ1v) is 6.82. The van der Waals surface area contributed by atoms with Crippen molar-refractivity contribution in [3.8, 4) is 5.75 Å². The van der Waals surface area contributed by atoms with Crippen LogP contribution in [0.15, 0.2) is 21.1 Å². The lowest BCUT2D eigenvalue weighted by Crippen LogP contribution is -1.97. The number of unbranched alkanes of at least 4 members (excludes halogenated alkanes) is 3. The summed E-state index contributed by atoms with van der Waals surface area (Å²) in [5.74, 6) is 0.886. The fourth-order valence-electron chi connectivity index (χ4n) is 1.25. The highest BCUT2D eigenvalue weighted by molar-refractivity contribution is 9.11. The molecule has 0 aliphatic carbocycles. The van der Waals surface area contributed by atoms with E-state index in [2.05, 4.69) is 44.8 Å². The molecular weight excluding hydrogens is 320 g/mol. The van der Waals surface area contributed by atoms with Crippen molar-refractivity contribution in [3.05, 3.63) is 27.1 Å². The summed E-state index contributed by atoms with van der Waals surface area (Å²) in [5, 5.41) is 0. The van der Waals surface area contributed by atoms with Gasteiger partial charge in [-0.25, -0.2) is 0 Å². The van der Waals surface area contributed by atoms with Gasteiger partial charge in [-0.3, -0.25) is 0 Å². The van der Waals surface area contributed by atoms with E-state index in [-0.39, 0.29) is 0 Å². The SMILES string of the molecule is CCCCCCOc1cc(Br)[c]cc1Br. The molecule has 1 nitrogen and oxygen atoms in total. The highest BCUT2D eigenvalue weighted by Crippen LogP contribution is 2.28. The molecule has 1 radical (unpaired) electrons. The zero-order chi connectivity index (χ0) is 11.1. The largest absolute Gasteiger partial charge is 0.492 e. The summed E-state index contributed by atoms with van der Waals surface area (Å²) in [4.78, 5) is 0. The molecule has 3 heteroatoms. The summed E-state index contributed by atoms with van der Waals surface area (Å²) >= 11 is 6.81. The Balaban J connectivity index is 2.33. The molecule has 0 aliphatic rings. The second kappa shape index (κ2) is 7.29. The molecule has 0 aliphatic heterocycles. The maximum Gasteiger partial charge on any atom is 0.134 e. The summed E-state index contributed by atoms with van der Waals surface area (Å²) in [5.41, 5.74) is 0. The van der Waals surface area contributed by atoms with Gasteiger partial charge in [0, 0.05) is 4.47 Å². The first kappa shape index (κ1) is 13.0. The van der Waals surface area contributed by atoms with Crippen LogP contribution in [0.4, 0.5) is 0 Å². The van der Waals surface area contributed by atoms with Gasteiger partial charge in [0.15, 0.2) is 0 Å². The zero-order valence-electron chi connectivity index (χ0n) is 8.85. The molecule has 0 saturated heterocycles. The molecule has 1 aromatic rings. The third kappa shape index (κ3) is 5.03. The van der Waals surface area contributed by atoms with E-state index in [1.165, 1.54) is 19.3 Å². The number of ether oxygens (including phenoxy) is 1. The molecule has 0 heterocycles. The third-order valence-corrected chi connectivity index (χ3v) is 3.16. The van der Waals surface area contributed by atoms with Gasteiger partial charge >= 0.3 is 0 Å². The second-order valence-corrected chi connectivity index (χ2v) is 5.11. The van der Waals surface area contributed by atoms with E-state index < -0.39 is 0 Å². The fourth-order valence-corrected chi connectivity index (χ4v) is 1.92. The van der Waals surface area contributed by atoms with Crippen molar-refractivity contribution in [2.45, 2.75) is 32.6 Å². The lowest BCUT2D eigenvalue weighted by molar-refractivity contribution is 0.303. The van der Waals surface area contributed by atoms with Crippen LogP contribution in [-0.4, -0.2) is 6.61 Å². The standard InChI is InChI=1S/C12H15Br2O/c1-2-3-4-5-8-15-12-9-10(13)6-7-11(12)14/h7,9H,2-5,8H2,1H3. The molecule has 0 atom stereocenters. The number of benzene rings is 1. The highest BCUT2D eigenvalue weighted by Gasteiger charge is 2.01. The summed E-state index contributed by atoms with van der Waals surface area (Å²) < 4.78 is 7.55. The van der Waals surface area contributed by atoms with E-state index in [0.29, 0.717) is 0 Å². The van der Waals surface area contributed by atoms with Crippen molar-refractivity contribution in [1.82, 2.24) is 0 Å². The fraction of sp³-hybridized carbons (Fsp3) is 0.500. The van der Waals surface area contributed by atoms with Crippen LogP contribution in [-0.2, 0) is 0 Å². The second-order valence-electron chi connectivity index (χ2n) is 3.40. The lowest BCUT2D eigenvalue weighted by atomic mass is 10.2. The molecule has 0 saturated carbocycles. The Morgan fingerprint density at radius 2 is 2.07 bits per heavy atom. The molecule has 1 aromatic carbocycles. The third-order valence-electron chi connectivity index (χ3n) is 2.09. The average molecular weight is 335 g/mol. The molecule has 0 amide bonds. The van der Waals surface area contributed by atoms with Gasteiger partial charge in [-0.05, 0) is 40.5 Å². The summed E-state index contributed by atoms with van der Waals surface area (Å²) in [7, 11) is 0. The molecular formula is C12H15Br2O. The first-order chi connectivity index (χ1) is 7.24. The Labute approximate surface area is 108 Å². The van der Waals surface area contributed by atoms with Crippen molar-refractivity contribution >= 4 is 31.9 Å². The predicted octanol–water partition coefficient (Wildman–Crippen LogP) is 4.97. The number of hydrogen-bond donors (Lipinski definition) is 0. The van der Waals surface area contributed by atoms with Gasteiger partial charge in [-0.15, -0.1) is 0 Å². The van der Waals surface area contributed by atoms with Crippen LogP contribution < -0.4 is 4.74 Å². The monoisotopic (exact) mass is 333 g/mol. The van der Waals surface area contributed by atoms with Gasteiger partial charge in [0.1, 0.15) is 5.75 Å². The van der Waals surface area contributed by atoms with Gasteiger partial charge in [-0.1, -0.05) is 42.1 Å². The normalized spacial score (nSPS) is 10.3. The Hall–Kier alpha value is -0.0200. The topological polar surface area (TPSA) is 9.23 Å². The van der Waals surface area contributed by atoms with Crippen molar-refractivity contribution in [1.29, 1.82) is 0 Å². The minimum atomic E-state index is 0.787. The van der Waals surface area contributed by atoms with Crippen LogP contribution in [0.2, 0.25) is 0 Å². The van der Waals surface area contributed by atoms with E-state index in [0.717, 1.165) is 27.7 Å². The van der Waals surface area contributed by atoms with Gasteiger partial charge < -0.3 is 4.74 Å². The minimum absolute atomic E-state index is 0.787. The Morgan fingerprint density at radius 1 is 1.27 bits per heavy atom. The molecule has 0 unspecified atom stereocenters. The average Bonchev–Trinajstić information content (AvgIpc) is 2.23. The Morgan fingerprint density at radius 3 is 2.80 bits per heavy atom. The van der Waals surface area contributed by atoms with Crippen LogP contribution >= 0.6 is 31.9 Å². The van der Waals surface area contributed by atoms with Crippen LogP contribution in [0, 0.1) is 6.07 Å². The van der Waals surface area contributed by atoms with E-state index in [4.69, 9.17) is 4.74 Å². The number of halogens is 2. The summed E-state index contributed by atoms with van der Waals surface area (Å²) in [6, 6.07) is 6.84. The van der Waals surface area contributed by atoms with Crippen LogP contribution in [0.1, 0.15) is 32.6 Å². The molecule has 0 bridgehead atoms. The van der Waals surface area contributed by atoms with Gasteiger partial charge in [-0.2, -0.15) is 0 Å². The zero-order valence-corrected chi connectivity index (χ0v) is 12.0. The van der Waals surface area contributed by atoms with Crippen LogP contribution in [0.3, 0.4) is 0 Å². The summed E-state index contributed by atoms with van der Waals surface area (Å²) in [6.45, 7) is 3.00. The molecule has 0 aromatic heterocycles. The molecule has 1 rings (SSSR count). The smallest absolute Gasteiger partial charge is 0.134 e. The van der Waals surface area contributed by atoms with Gasteiger partial charge in [0.25, 0.3) is 0 Å². The van der Waals surface area contributed by atoms with E-state index >= 15 is 0 Å². The first-order valence-electron chi connectivity index (χ1n) is 5.23. The Kier molecular flexibility index (Phi) is 6.34. The van der Waals surface area contributed by atoms with Gasteiger partial charge in [0.2, 0.25) is 0 Å². The molecule has 0 fully saturated rings.